The second kappa shape index (κ2) is 5.97. The van der Waals surface area contributed by atoms with Gasteiger partial charge in [-0.15, -0.1) is 11.8 Å². The van der Waals surface area contributed by atoms with Gasteiger partial charge in [0.15, 0.2) is 0 Å². The molecule has 0 aromatic carbocycles. The van der Waals surface area contributed by atoms with Gasteiger partial charge in [0.25, 0.3) is 0 Å². The summed E-state index contributed by atoms with van der Waals surface area (Å²) in [7, 11) is -3.12. The van der Waals surface area contributed by atoms with E-state index in [1.807, 2.05) is 0 Å². The highest BCUT2D eigenvalue weighted by Gasteiger charge is 2.21. The highest BCUT2D eigenvalue weighted by atomic mass is 32.2. The van der Waals surface area contributed by atoms with Gasteiger partial charge in [-0.2, -0.15) is 0 Å². The Morgan fingerprint density at radius 2 is 2.21 bits per heavy atom. The molecule has 0 bridgehead atoms. The second-order valence-electron chi connectivity index (χ2n) is 3.58. The van der Waals surface area contributed by atoms with Gasteiger partial charge >= 0.3 is 11.7 Å². The Morgan fingerprint density at radius 3 is 2.68 bits per heavy atom. The molecule has 0 atom stereocenters. The molecule has 1 rings (SSSR count). The number of pyridine rings is 1. The molecular weight excluding hydrogens is 296 g/mol. The maximum Gasteiger partial charge on any atom is 0.342 e. The van der Waals surface area contributed by atoms with Crippen molar-refractivity contribution in [1.29, 1.82) is 0 Å². The van der Waals surface area contributed by atoms with E-state index in [0.717, 1.165) is 30.3 Å². The number of sulfone groups is 1. The van der Waals surface area contributed by atoms with E-state index in [2.05, 4.69) is 4.98 Å². The molecule has 0 aliphatic rings. The fourth-order valence-electron chi connectivity index (χ4n) is 1.12. The monoisotopic (exact) mass is 306 g/mol. The Balaban J connectivity index is 2.90. The van der Waals surface area contributed by atoms with E-state index in [1.54, 1.807) is 0 Å². The van der Waals surface area contributed by atoms with Gasteiger partial charge in [0, 0.05) is 12.0 Å². The van der Waals surface area contributed by atoms with Gasteiger partial charge in [-0.1, -0.05) is 0 Å². The summed E-state index contributed by atoms with van der Waals surface area (Å²) >= 11 is 1.02. The molecule has 8 nitrogen and oxygen atoms in total. The van der Waals surface area contributed by atoms with Crippen LogP contribution in [-0.2, 0) is 9.84 Å². The van der Waals surface area contributed by atoms with Crippen LogP contribution < -0.4 is 0 Å². The third-order valence-electron chi connectivity index (χ3n) is 1.99. The largest absolute Gasteiger partial charge is 0.477 e. The first kappa shape index (κ1) is 15.4. The van der Waals surface area contributed by atoms with Gasteiger partial charge in [0.05, 0.1) is 15.7 Å². The fraction of sp³-hybridized carbons (Fsp3) is 0.333. The number of carboxylic acids is 1. The molecule has 0 saturated carbocycles. The SMILES string of the molecule is CS(=O)(=O)CCSc1cc(C(=O)O)c([N+](=O)[O-])cn1. The Labute approximate surface area is 112 Å². The predicted octanol–water partition coefficient (Wildman–Crippen LogP) is 0.825. The first-order valence-corrected chi connectivity index (χ1v) is 7.93. The first-order chi connectivity index (χ1) is 8.70. The van der Waals surface area contributed by atoms with Crippen molar-refractivity contribution >= 4 is 33.3 Å². The molecule has 19 heavy (non-hydrogen) atoms. The van der Waals surface area contributed by atoms with Crippen LogP contribution in [0.15, 0.2) is 17.3 Å². The zero-order chi connectivity index (χ0) is 14.6. The van der Waals surface area contributed by atoms with Gasteiger partial charge in [-0.05, 0) is 6.07 Å². The number of nitro groups is 1. The minimum atomic E-state index is -3.12. The Hall–Kier alpha value is -1.68. The molecule has 1 aromatic heterocycles. The molecule has 0 saturated heterocycles. The molecule has 0 unspecified atom stereocenters. The summed E-state index contributed by atoms with van der Waals surface area (Å²) in [5.41, 5.74) is -1.07. The van der Waals surface area contributed by atoms with Crippen LogP contribution in [0, 0.1) is 10.1 Å². The molecule has 10 heteroatoms. The van der Waals surface area contributed by atoms with Crippen LogP contribution in [0.4, 0.5) is 5.69 Å². The van der Waals surface area contributed by atoms with Gasteiger partial charge in [0.2, 0.25) is 0 Å². The van der Waals surface area contributed by atoms with Crippen molar-refractivity contribution in [3.05, 3.63) is 27.9 Å². The van der Waals surface area contributed by atoms with E-state index in [9.17, 15) is 23.3 Å². The van der Waals surface area contributed by atoms with E-state index in [1.165, 1.54) is 0 Å². The molecule has 0 amide bonds. The average molecular weight is 306 g/mol. The molecule has 104 valence electrons. The molecule has 0 aliphatic heterocycles. The minimum Gasteiger partial charge on any atom is -0.477 e. The molecule has 0 fully saturated rings. The first-order valence-electron chi connectivity index (χ1n) is 4.89. The predicted molar refractivity (Wildman–Crippen MR) is 68.3 cm³/mol. The van der Waals surface area contributed by atoms with E-state index in [-0.39, 0.29) is 16.5 Å². The number of thioether (sulfide) groups is 1. The number of carbonyl (C=O) groups is 1. The van der Waals surface area contributed by atoms with Gasteiger partial charge < -0.3 is 5.11 Å². The van der Waals surface area contributed by atoms with Crippen LogP contribution in [0.2, 0.25) is 0 Å². The Kier molecular flexibility index (Phi) is 4.84. The number of nitrogens with zero attached hydrogens (tertiary/aromatic N) is 2. The summed E-state index contributed by atoms with van der Waals surface area (Å²) in [5.74, 6) is -1.32. The lowest BCUT2D eigenvalue weighted by Crippen LogP contribution is -2.06. The number of aromatic carboxylic acids is 1. The van der Waals surface area contributed by atoms with Crippen molar-refractivity contribution in [3.8, 4) is 0 Å². The van der Waals surface area contributed by atoms with Crippen LogP contribution in [0.1, 0.15) is 10.4 Å². The van der Waals surface area contributed by atoms with Crippen LogP contribution in [0.5, 0.6) is 0 Å². The van der Waals surface area contributed by atoms with Gasteiger partial charge in [-0.25, -0.2) is 18.2 Å². The van der Waals surface area contributed by atoms with Crippen molar-refractivity contribution in [3.63, 3.8) is 0 Å². The van der Waals surface area contributed by atoms with Crippen molar-refractivity contribution in [2.24, 2.45) is 0 Å². The maximum atomic E-state index is 10.9. The minimum absolute atomic E-state index is 0.0846. The Morgan fingerprint density at radius 1 is 1.58 bits per heavy atom. The summed E-state index contributed by atoms with van der Waals surface area (Å²) in [6, 6.07) is 1.06. The van der Waals surface area contributed by atoms with Crippen molar-refractivity contribution < 1.29 is 23.2 Å². The van der Waals surface area contributed by atoms with Gasteiger partial charge in [0.1, 0.15) is 21.6 Å². The van der Waals surface area contributed by atoms with Crippen molar-refractivity contribution in [1.82, 2.24) is 4.98 Å². The lowest BCUT2D eigenvalue weighted by Gasteiger charge is -2.02. The second-order valence-corrected chi connectivity index (χ2v) is 6.96. The van der Waals surface area contributed by atoms with E-state index >= 15 is 0 Å². The summed E-state index contributed by atoms with van der Waals surface area (Å²) in [4.78, 5) is 24.4. The third-order valence-corrected chi connectivity index (χ3v) is 4.12. The summed E-state index contributed by atoms with van der Waals surface area (Å²) in [6.45, 7) is 0. The van der Waals surface area contributed by atoms with Crippen LogP contribution >= 0.6 is 11.8 Å². The fourth-order valence-corrected chi connectivity index (χ4v) is 3.20. The van der Waals surface area contributed by atoms with E-state index in [0.29, 0.717) is 0 Å². The molecule has 1 N–H and O–H groups in total. The third kappa shape index (κ3) is 4.83. The molecule has 1 heterocycles. The number of carboxylic acid groups (broad SMARTS) is 1. The number of hydrogen-bond acceptors (Lipinski definition) is 7. The molecule has 0 radical (unpaired) electrons. The quantitative estimate of drug-likeness (QED) is 0.465. The Bertz CT molecular complexity index is 613. The molecule has 0 spiro atoms. The van der Waals surface area contributed by atoms with Crippen LogP contribution in [-0.4, -0.2) is 47.2 Å². The van der Waals surface area contributed by atoms with Crippen LogP contribution in [0.3, 0.4) is 0 Å². The number of hydrogen-bond donors (Lipinski definition) is 1. The average Bonchev–Trinajstić information content (AvgIpc) is 2.26. The zero-order valence-corrected chi connectivity index (χ0v) is 11.4. The highest BCUT2D eigenvalue weighted by Crippen LogP contribution is 2.23. The standard InChI is InChI=1S/C9H10N2O6S2/c1-19(16,17)3-2-18-8-4-6(9(12)13)7(5-10-8)11(14)15/h4-5H,2-3H2,1H3,(H,12,13). The summed E-state index contributed by atoms with van der Waals surface area (Å²) in [6.07, 6.45) is 1.94. The van der Waals surface area contributed by atoms with E-state index in [4.69, 9.17) is 5.11 Å². The lowest BCUT2D eigenvalue weighted by molar-refractivity contribution is -0.385. The maximum absolute atomic E-state index is 10.9. The topological polar surface area (TPSA) is 127 Å². The molecule has 0 aliphatic carbocycles. The summed E-state index contributed by atoms with van der Waals surface area (Å²) in [5, 5.41) is 19.7. The van der Waals surface area contributed by atoms with Crippen LogP contribution in [0.25, 0.3) is 0 Å². The number of aromatic nitrogens is 1. The summed E-state index contributed by atoms with van der Waals surface area (Å²) < 4.78 is 21.8. The smallest absolute Gasteiger partial charge is 0.342 e. The lowest BCUT2D eigenvalue weighted by atomic mass is 10.2. The van der Waals surface area contributed by atoms with Crippen molar-refractivity contribution in [2.45, 2.75) is 5.03 Å². The van der Waals surface area contributed by atoms with Gasteiger partial charge in [-0.3, -0.25) is 10.1 Å². The molecular formula is C9H10N2O6S2. The van der Waals surface area contributed by atoms with Crippen molar-refractivity contribution in [2.75, 3.05) is 17.8 Å². The normalized spacial score (nSPS) is 11.2. The highest BCUT2D eigenvalue weighted by molar-refractivity contribution is 8.00. The molecule has 1 aromatic rings. The number of rotatable bonds is 6. The van der Waals surface area contributed by atoms with E-state index < -0.39 is 32.0 Å². The zero-order valence-electron chi connectivity index (χ0n) is 9.77.